The Morgan fingerprint density at radius 3 is 2.55 bits per heavy atom. The van der Waals surface area contributed by atoms with E-state index in [2.05, 4.69) is 37.4 Å². The highest BCUT2D eigenvalue weighted by atomic mass is 16.5. The van der Waals surface area contributed by atoms with Gasteiger partial charge in [0.25, 0.3) is 5.91 Å². The molecule has 0 saturated heterocycles. The van der Waals surface area contributed by atoms with Crippen LogP contribution in [0.15, 0.2) is 42.5 Å². The van der Waals surface area contributed by atoms with Crippen molar-refractivity contribution in [2.24, 2.45) is 5.92 Å². The summed E-state index contributed by atoms with van der Waals surface area (Å²) in [6.07, 6.45) is 9.39. The molecule has 1 unspecified atom stereocenters. The normalized spacial score (nSPS) is 18.1. The molecule has 4 rings (SSSR count). The lowest BCUT2D eigenvalue weighted by molar-refractivity contribution is 0.0737. The summed E-state index contributed by atoms with van der Waals surface area (Å²) in [7, 11) is 1.94. The van der Waals surface area contributed by atoms with E-state index < -0.39 is 0 Å². The standard InChI is InChI=1S/C29H40N2O2/c1-4-6-7-26(5-2)30-19-22-10-11-24-17-27(18-25(24)16-22)31(3)29(32)23-12-14-28(15-13-23)33-20-21-8-9-21/h10-16,21,26-27,30H,4-9,17-20H2,1-3H3/t26?,27-/m1/s1. The van der Waals surface area contributed by atoms with Crippen LogP contribution in [0, 0.1) is 5.92 Å². The number of amides is 1. The fourth-order valence-electron chi connectivity index (χ4n) is 4.76. The van der Waals surface area contributed by atoms with E-state index in [4.69, 9.17) is 4.74 Å². The number of nitrogens with one attached hydrogen (secondary N) is 1. The van der Waals surface area contributed by atoms with Gasteiger partial charge in [-0.1, -0.05) is 44.9 Å². The number of benzene rings is 2. The van der Waals surface area contributed by atoms with Gasteiger partial charge in [0.05, 0.1) is 6.61 Å². The minimum Gasteiger partial charge on any atom is -0.493 e. The molecule has 2 aliphatic rings. The van der Waals surface area contributed by atoms with Gasteiger partial charge in [0, 0.05) is 31.2 Å². The van der Waals surface area contributed by atoms with Crippen molar-refractivity contribution in [2.45, 2.75) is 83.8 Å². The summed E-state index contributed by atoms with van der Waals surface area (Å²) >= 11 is 0. The van der Waals surface area contributed by atoms with Crippen LogP contribution in [0.2, 0.25) is 0 Å². The first-order chi connectivity index (χ1) is 16.1. The maximum absolute atomic E-state index is 13.1. The highest BCUT2D eigenvalue weighted by Crippen LogP contribution is 2.30. The predicted octanol–water partition coefficient (Wildman–Crippen LogP) is 5.77. The predicted molar refractivity (Wildman–Crippen MR) is 135 cm³/mol. The number of nitrogens with zero attached hydrogens (tertiary/aromatic N) is 1. The average molecular weight is 449 g/mol. The Labute approximate surface area is 199 Å². The topological polar surface area (TPSA) is 41.6 Å². The second kappa shape index (κ2) is 11.2. The van der Waals surface area contributed by atoms with Crippen molar-refractivity contribution in [3.05, 3.63) is 64.7 Å². The summed E-state index contributed by atoms with van der Waals surface area (Å²) in [6.45, 7) is 6.24. The number of hydrogen-bond acceptors (Lipinski definition) is 3. The first-order valence-corrected chi connectivity index (χ1v) is 12.9. The molecule has 2 aliphatic carbocycles. The van der Waals surface area contributed by atoms with Gasteiger partial charge in [0.1, 0.15) is 5.75 Å². The van der Waals surface area contributed by atoms with Gasteiger partial charge in [-0.25, -0.2) is 0 Å². The van der Waals surface area contributed by atoms with Crippen LogP contribution < -0.4 is 10.1 Å². The van der Waals surface area contributed by atoms with E-state index in [-0.39, 0.29) is 11.9 Å². The smallest absolute Gasteiger partial charge is 0.253 e. The van der Waals surface area contributed by atoms with Crippen LogP contribution >= 0.6 is 0 Å². The molecule has 0 aromatic heterocycles. The summed E-state index contributed by atoms with van der Waals surface area (Å²) in [5.74, 6) is 1.67. The number of carbonyl (C=O) groups is 1. The molecule has 2 atom stereocenters. The van der Waals surface area contributed by atoms with Gasteiger partial charge in [-0.3, -0.25) is 4.79 Å². The number of hydrogen-bond donors (Lipinski definition) is 1. The van der Waals surface area contributed by atoms with E-state index in [1.165, 1.54) is 55.2 Å². The molecule has 2 aromatic rings. The number of carbonyl (C=O) groups excluding carboxylic acids is 1. The molecule has 2 aromatic carbocycles. The molecule has 33 heavy (non-hydrogen) atoms. The minimum absolute atomic E-state index is 0.0881. The SMILES string of the molecule is CCCCC(CC)NCc1ccc2c(c1)C[C@H](N(C)C(=O)c1ccc(OCC3CC3)cc1)C2. The molecule has 0 heterocycles. The highest BCUT2D eigenvalue weighted by Gasteiger charge is 2.28. The maximum atomic E-state index is 13.1. The van der Waals surface area contributed by atoms with Gasteiger partial charge in [-0.15, -0.1) is 0 Å². The monoisotopic (exact) mass is 448 g/mol. The molecule has 0 bridgehead atoms. The molecule has 0 aliphatic heterocycles. The third-order valence-electron chi connectivity index (χ3n) is 7.33. The fraction of sp³-hybridized carbons (Fsp3) is 0.552. The number of fused-ring (bicyclic) bond motifs is 1. The zero-order valence-corrected chi connectivity index (χ0v) is 20.6. The molecule has 1 amide bonds. The van der Waals surface area contributed by atoms with Crippen molar-refractivity contribution >= 4 is 5.91 Å². The van der Waals surface area contributed by atoms with Gasteiger partial charge < -0.3 is 15.0 Å². The number of unbranched alkanes of at least 4 members (excludes halogenated alkanes) is 1. The fourth-order valence-corrected chi connectivity index (χ4v) is 4.76. The van der Waals surface area contributed by atoms with E-state index >= 15 is 0 Å². The Bertz CT molecular complexity index is 920. The zero-order chi connectivity index (χ0) is 23.2. The second-order valence-corrected chi connectivity index (χ2v) is 9.99. The van der Waals surface area contributed by atoms with Crippen LogP contribution in [-0.4, -0.2) is 36.5 Å². The average Bonchev–Trinajstić information content (AvgIpc) is 3.58. The highest BCUT2D eigenvalue weighted by molar-refractivity contribution is 5.94. The van der Waals surface area contributed by atoms with E-state index in [0.29, 0.717) is 6.04 Å². The molecule has 1 N–H and O–H groups in total. The Balaban J connectivity index is 1.31. The van der Waals surface area contributed by atoms with E-state index in [0.717, 1.165) is 43.2 Å². The Hall–Kier alpha value is -2.33. The van der Waals surface area contributed by atoms with Gasteiger partial charge in [0.2, 0.25) is 0 Å². The summed E-state index contributed by atoms with van der Waals surface area (Å²) < 4.78 is 5.81. The van der Waals surface area contributed by atoms with E-state index in [1.54, 1.807) is 0 Å². The van der Waals surface area contributed by atoms with Crippen LogP contribution in [0.25, 0.3) is 0 Å². The zero-order valence-electron chi connectivity index (χ0n) is 20.6. The van der Waals surface area contributed by atoms with Gasteiger partial charge in [0.15, 0.2) is 0 Å². The quantitative estimate of drug-likeness (QED) is 0.448. The van der Waals surface area contributed by atoms with E-state index in [9.17, 15) is 4.79 Å². The molecule has 0 spiro atoms. The molecule has 4 heteroatoms. The van der Waals surface area contributed by atoms with Gasteiger partial charge in [-0.05, 0) is 85.4 Å². The second-order valence-electron chi connectivity index (χ2n) is 9.99. The third kappa shape index (κ3) is 6.38. The lowest BCUT2D eigenvalue weighted by Crippen LogP contribution is -2.37. The molecule has 4 nitrogen and oxygen atoms in total. The molecule has 1 fully saturated rings. The maximum Gasteiger partial charge on any atom is 0.253 e. The summed E-state index contributed by atoms with van der Waals surface area (Å²) in [6, 6.07) is 15.3. The summed E-state index contributed by atoms with van der Waals surface area (Å²) in [4.78, 5) is 15.0. The number of likely N-dealkylation sites (N-methyl/N-ethyl adjacent to an activating group) is 1. The minimum atomic E-state index is 0.0881. The van der Waals surface area contributed by atoms with Crippen LogP contribution in [0.1, 0.15) is 79.4 Å². The number of rotatable bonds is 12. The molecule has 0 radical (unpaired) electrons. The summed E-state index contributed by atoms with van der Waals surface area (Å²) in [5, 5.41) is 3.73. The van der Waals surface area contributed by atoms with Crippen molar-refractivity contribution in [3.8, 4) is 5.75 Å². The molecular weight excluding hydrogens is 408 g/mol. The Morgan fingerprint density at radius 1 is 1.09 bits per heavy atom. The first kappa shape index (κ1) is 23.8. The Morgan fingerprint density at radius 2 is 1.85 bits per heavy atom. The van der Waals surface area contributed by atoms with Crippen molar-refractivity contribution in [2.75, 3.05) is 13.7 Å². The lowest BCUT2D eigenvalue weighted by atomic mass is 10.0. The Kier molecular flexibility index (Phi) is 8.08. The van der Waals surface area contributed by atoms with E-state index in [1.807, 2.05) is 36.2 Å². The largest absolute Gasteiger partial charge is 0.493 e. The van der Waals surface area contributed by atoms with Crippen LogP contribution in [-0.2, 0) is 19.4 Å². The van der Waals surface area contributed by atoms with Crippen LogP contribution in [0.3, 0.4) is 0 Å². The molecule has 1 saturated carbocycles. The van der Waals surface area contributed by atoms with Crippen molar-refractivity contribution < 1.29 is 9.53 Å². The van der Waals surface area contributed by atoms with Crippen molar-refractivity contribution in [1.82, 2.24) is 10.2 Å². The van der Waals surface area contributed by atoms with Crippen LogP contribution in [0.5, 0.6) is 5.75 Å². The summed E-state index contributed by atoms with van der Waals surface area (Å²) in [5.41, 5.74) is 4.85. The van der Waals surface area contributed by atoms with Gasteiger partial charge >= 0.3 is 0 Å². The van der Waals surface area contributed by atoms with Gasteiger partial charge in [-0.2, -0.15) is 0 Å². The van der Waals surface area contributed by atoms with Crippen molar-refractivity contribution in [1.29, 1.82) is 0 Å². The molecular formula is C29H40N2O2. The van der Waals surface area contributed by atoms with Crippen molar-refractivity contribution in [3.63, 3.8) is 0 Å². The lowest BCUT2D eigenvalue weighted by Gasteiger charge is -2.24. The molecule has 178 valence electrons. The number of ether oxygens (including phenoxy) is 1. The first-order valence-electron chi connectivity index (χ1n) is 12.9. The van der Waals surface area contributed by atoms with Crippen LogP contribution in [0.4, 0.5) is 0 Å². The third-order valence-corrected chi connectivity index (χ3v) is 7.33.